The van der Waals surface area contributed by atoms with E-state index >= 15 is 0 Å². The maximum absolute atomic E-state index is 4.14. The lowest BCUT2D eigenvalue weighted by Crippen LogP contribution is -2.04. The largest absolute Gasteiger partial charge is 0.276 e. The van der Waals surface area contributed by atoms with Crippen molar-refractivity contribution < 1.29 is 0 Å². The molecule has 4 heteroatoms. The van der Waals surface area contributed by atoms with Crippen LogP contribution in [0.15, 0.2) is 24.7 Å². The molecule has 0 unspecified atom stereocenters. The Bertz CT molecular complexity index is 427. The van der Waals surface area contributed by atoms with E-state index in [1.165, 1.54) is 5.92 Å². The van der Waals surface area contributed by atoms with Gasteiger partial charge in [-0.15, -0.1) is 0 Å². The summed E-state index contributed by atoms with van der Waals surface area (Å²) in [6.45, 7) is 2.08. The van der Waals surface area contributed by atoms with Crippen LogP contribution in [-0.2, 0) is 14.1 Å². The summed E-state index contributed by atoms with van der Waals surface area (Å²) in [6.07, 6.45) is 5.67. The minimum atomic E-state index is 1.12. The van der Waals surface area contributed by atoms with Gasteiger partial charge >= 0.3 is 0 Å². The molecule has 2 rings (SSSR count). The molecule has 14 heavy (non-hydrogen) atoms. The van der Waals surface area contributed by atoms with Crippen LogP contribution in [0.5, 0.6) is 0 Å². The van der Waals surface area contributed by atoms with Crippen LogP contribution >= 0.6 is 0 Å². The van der Waals surface area contributed by atoms with E-state index in [0.29, 0.717) is 0 Å². The molecule has 0 aliphatic heterocycles. The Morgan fingerprint density at radius 2 is 2.07 bits per heavy atom. The third kappa shape index (κ3) is 1.43. The standard InChI is InChI=1S/C10H13N4/c1-8(9-6-12-13(2)7-9)10-4-5-11-14(10)3/h4-7H,1-3H3. The zero-order valence-electron chi connectivity index (χ0n) is 8.60. The number of nitrogens with zero attached hydrogens (tertiary/aromatic N) is 4. The minimum Gasteiger partial charge on any atom is -0.276 e. The first-order chi connectivity index (χ1) is 6.68. The van der Waals surface area contributed by atoms with Gasteiger partial charge < -0.3 is 0 Å². The molecular formula is C10H13N4. The molecule has 0 fully saturated rings. The quantitative estimate of drug-likeness (QED) is 0.710. The van der Waals surface area contributed by atoms with Crippen LogP contribution in [0.2, 0.25) is 0 Å². The van der Waals surface area contributed by atoms with Crippen molar-refractivity contribution in [2.75, 3.05) is 0 Å². The van der Waals surface area contributed by atoms with Gasteiger partial charge in [-0.05, 0) is 13.0 Å². The van der Waals surface area contributed by atoms with Crippen LogP contribution in [0.25, 0.3) is 0 Å². The van der Waals surface area contributed by atoms with Crippen LogP contribution in [0, 0.1) is 5.92 Å². The number of aromatic nitrogens is 4. The fraction of sp³-hybridized carbons (Fsp3) is 0.300. The predicted octanol–water partition coefficient (Wildman–Crippen LogP) is 1.14. The Hall–Kier alpha value is -1.58. The molecule has 2 heterocycles. The van der Waals surface area contributed by atoms with E-state index in [4.69, 9.17) is 0 Å². The van der Waals surface area contributed by atoms with Crippen molar-refractivity contribution in [1.82, 2.24) is 19.6 Å². The lowest BCUT2D eigenvalue weighted by atomic mass is 10.0. The Balaban J connectivity index is 2.33. The molecule has 2 aromatic rings. The highest BCUT2D eigenvalue weighted by atomic mass is 15.3. The number of hydrogen-bond acceptors (Lipinski definition) is 2. The van der Waals surface area contributed by atoms with Crippen molar-refractivity contribution >= 4 is 0 Å². The summed E-state index contributed by atoms with van der Waals surface area (Å²) in [5, 5.41) is 8.28. The summed E-state index contributed by atoms with van der Waals surface area (Å²) in [4.78, 5) is 0. The van der Waals surface area contributed by atoms with E-state index < -0.39 is 0 Å². The Kier molecular flexibility index (Phi) is 2.11. The molecule has 0 N–H and O–H groups in total. The Morgan fingerprint density at radius 1 is 1.29 bits per heavy atom. The molecule has 0 saturated carbocycles. The first kappa shape index (κ1) is 8.99. The second-order valence-corrected chi connectivity index (χ2v) is 3.37. The summed E-state index contributed by atoms with van der Waals surface area (Å²) >= 11 is 0. The topological polar surface area (TPSA) is 35.6 Å². The van der Waals surface area contributed by atoms with Crippen molar-refractivity contribution in [3.05, 3.63) is 41.8 Å². The maximum Gasteiger partial charge on any atom is 0.0531 e. The summed E-state index contributed by atoms with van der Waals surface area (Å²) < 4.78 is 3.66. The van der Waals surface area contributed by atoms with Gasteiger partial charge in [0.1, 0.15) is 0 Å². The SMILES string of the molecule is C[C](c1cnn(C)c1)c1ccnn1C. The third-order valence-corrected chi connectivity index (χ3v) is 2.34. The molecule has 0 bridgehead atoms. The van der Waals surface area contributed by atoms with E-state index in [1.807, 2.05) is 37.2 Å². The van der Waals surface area contributed by atoms with Gasteiger partial charge in [0.25, 0.3) is 0 Å². The fourth-order valence-corrected chi connectivity index (χ4v) is 1.50. The van der Waals surface area contributed by atoms with Gasteiger partial charge in [0.15, 0.2) is 0 Å². The van der Waals surface area contributed by atoms with Gasteiger partial charge in [0, 0.05) is 37.7 Å². The molecule has 0 aliphatic carbocycles. The number of aryl methyl sites for hydroxylation is 2. The molecule has 0 atom stereocenters. The summed E-state index contributed by atoms with van der Waals surface area (Å²) in [7, 11) is 3.86. The molecule has 2 aromatic heterocycles. The molecule has 4 nitrogen and oxygen atoms in total. The van der Waals surface area contributed by atoms with Gasteiger partial charge in [-0.2, -0.15) is 10.2 Å². The van der Waals surface area contributed by atoms with Crippen molar-refractivity contribution in [2.45, 2.75) is 6.92 Å². The zero-order valence-corrected chi connectivity index (χ0v) is 8.60. The normalized spacial score (nSPS) is 11.1. The van der Waals surface area contributed by atoms with E-state index in [0.717, 1.165) is 11.3 Å². The van der Waals surface area contributed by atoms with Crippen molar-refractivity contribution in [1.29, 1.82) is 0 Å². The molecular weight excluding hydrogens is 176 g/mol. The second-order valence-electron chi connectivity index (χ2n) is 3.37. The van der Waals surface area contributed by atoms with Crippen molar-refractivity contribution in [3.63, 3.8) is 0 Å². The van der Waals surface area contributed by atoms with Gasteiger partial charge in [0.2, 0.25) is 0 Å². The Labute approximate surface area is 83.2 Å². The molecule has 73 valence electrons. The van der Waals surface area contributed by atoms with E-state index in [9.17, 15) is 0 Å². The first-order valence-corrected chi connectivity index (χ1v) is 4.49. The van der Waals surface area contributed by atoms with Crippen LogP contribution in [0.1, 0.15) is 18.2 Å². The van der Waals surface area contributed by atoms with Gasteiger partial charge in [-0.25, -0.2) is 0 Å². The van der Waals surface area contributed by atoms with E-state index in [-0.39, 0.29) is 0 Å². The molecule has 0 aromatic carbocycles. The molecule has 0 amide bonds. The molecule has 1 radical (unpaired) electrons. The van der Waals surface area contributed by atoms with E-state index in [1.54, 1.807) is 10.9 Å². The van der Waals surface area contributed by atoms with Crippen LogP contribution in [0.4, 0.5) is 0 Å². The molecule has 0 spiro atoms. The monoisotopic (exact) mass is 189 g/mol. The van der Waals surface area contributed by atoms with Crippen LogP contribution in [0.3, 0.4) is 0 Å². The second kappa shape index (κ2) is 3.29. The smallest absolute Gasteiger partial charge is 0.0531 e. The average molecular weight is 189 g/mol. The van der Waals surface area contributed by atoms with Gasteiger partial charge in [-0.1, -0.05) is 0 Å². The predicted molar refractivity (Wildman–Crippen MR) is 53.5 cm³/mol. The summed E-state index contributed by atoms with van der Waals surface area (Å²) in [5.74, 6) is 1.19. The van der Waals surface area contributed by atoms with Crippen molar-refractivity contribution in [2.24, 2.45) is 14.1 Å². The lowest BCUT2D eigenvalue weighted by molar-refractivity contribution is 0.732. The summed E-state index contributed by atoms with van der Waals surface area (Å²) in [5.41, 5.74) is 2.26. The number of rotatable bonds is 2. The van der Waals surface area contributed by atoms with Crippen LogP contribution in [-0.4, -0.2) is 19.6 Å². The van der Waals surface area contributed by atoms with Crippen molar-refractivity contribution in [3.8, 4) is 0 Å². The third-order valence-electron chi connectivity index (χ3n) is 2.34. The van der Waals surface area contributed by atoms with Crippen LogP contribution < -0.4 is 0 Å². The minimum absolute atomic E-state index is 1.12. The Morgan fingerprint density at radius 3 is 2.57 bits per heavy atom. The highest BCUT2D eigenvalue weighted by Gasteiger charge is 2.13. The average Bonchev–Trinajstić information content (AvgIpc) is 2.73. The number of hydrogen-bond donors (Lipinski definition) is 0. The first-order valence-electron chi connectivity index (χ1n) is 4.49. The van der Waals surface area contributed by atoms with Gasteiger partial charge in [-0.3, -0.25) is 9.36 Å². The highest BCUT2D eigenvalue weighted by Crippen LogP contribution is 2.21. The fourth-order valence-electron chi connectivity index (χ4n) is 1.50. The van der Waals surface area contributed by atoms with Gasteiger partial charge in [0.05, 0.1) is 12.1 Å². The maximum atomic E-state index is 4.14. The zero-order chi connectivity index (χ0) is 10.1. The molecule has 0 aliphatic rings. The lowest BCUT2D eigenvalue weighted by Gasteiger charge is -2.08. The summed E-state index contributed by atoms with van der Waals surface area (Å²) in [6, 6.07) is 2.00. The highest BCUT2D eigenvalue weighted by molar-refractivity contribution is 5.38. The molecule has 0 saturated heterocycles. The van der Waals surface area contributed by atoms with E-state index in [2.05, 4.69) is 17.1 Å².